The van der Waals surface area contributed by atoms with Crippen molar-refractivity contribution in [1.82, 2.24) is 10.6 Å². The number of rotatable bonds is 9. The van der Waals surface area contributed by atoms with Gasteiger partial charge in [-0.05, 0) is 25.0 Å². The predicted molar refractivity (Wildman–Crippen MR) is 111 cm³/mol. The number of hydrogen-bond donors (Lipinski definition) is 2. The van der Waals surface area contributed by atoms with Crippen LogP contribution >= 0.6 is 0 Å². The zero-order chi connectivity index (χ0) is 21.2. The number of aryl methyl sites for hydroxylation is 1. The van der Waals surface area contributed by atoms with Gasteiger partial charge in [0.05, 0.1) is 13.2 Å². The Labute approximate surface area is 171 Å². The molecular formula is C23H28N2O4. The van der Waals surface area contributed by atoms with E-state index < -0.39 is 12.0 Å². The molecule has 6 heteroatoms. The summed E-state index contributed by atoms with van der Waals surface area (Å²) in [5.74, 6) is -1.10. The van der Waals surface area contributed by atoms with Gasteiger partial charge in [0.1, 0.15) is 6.04 Å². The average Bonchev–Trinajstić information content (AvgIpc) is 2.72. The van der Waals surface area contributed by atoms with E-state index in [2.05, 4.69) is 10.6 Å². The molecule has 0 heterocycles. The summed E-state index contributed by atoms with van der Waals surface area (Å²) in [5.41, 5.74) is 2.99. The van der Waals surface area contributed by atoms with E-state index in [4.69, 9.17) is 4.74 Å². The van der Waals surface area contributed by atoms with Gasteiger partial charge in [0.2, 0.25) is 11.8 Å². The molecule has 0 spiro atoms. The summed E-state index contributed by atoms with van der Waals surface area (Å²) in [6, 6.07) is 16.4. The molecule has 0 fully saturated rings. The van der Waals surface area contributed by atoms with Crippen molar-refractivity contribution in [3.8, 4) is 0 Å². The second-order valence-electron chi connectivity index (χ2n) is 7.04. The van der Waals surface area contributed by atoms with Crippen LogP contribution in [0, 0.1) is 6.92 Å². The Morgan fingerprint density at radius 3 is 2.21 bits per heavy atom. The molecule has 2 atom stereocenters. The molecule has 0 aliphatic rings. The van der Waals surface area contributed by atoms with E-state index in [9.17, 15) is 14.4 Å². The highest BCUT2D eigenvalue weighted by Crippen LogP contribution is 2.12. The molecule has 0 bridgehead atoms. The third-order valence-corrected chi connectivity index (χ3v) is 4.60. The predicted octanol–water partition coefficient (Wildman–Crippen LogP) is 2.85. The lowest BCUT2D eigenvalue weighted by atomic mass is 10.0. The molecule has 2 amide bonds. The molecule has 0 radical (unpaired) electrons. The molecular weight excluding hydrogens is 368 g/mol. The number of methoxy groups -OCH3 is 1. The third kappa shape index (κ3) is 7.41. The number of benzene rings is 2. The van der Waals surface area contributed by atoms with Gasteiger partial charge in [0, 0.05) is 19.3 Å². The van der Waals surface area contributed by atoms with Crippen LogP contribution in [0.2, 0.25) is 0 Å². The van der Waals surface area contributed by atoms with Crippen molar-refractivity contribution in [2.24, 2.45) is 0 Å². The Hall–Kier alpha value is -3.15. The molecule has 0 saturated heterocycles. The van der Waals surface area contributed by atoms with E-state index in [0.717, 1.165) is 16.7 Å². The van der Waals surface area contributed by atoms with Crippen LogP contribution in [0.1, 0.15) is 42.5 Å². The summed E-state index contributed by atoms with van der Waals surface area (Å²) >= 11 is 0. The molecule has 2 rings (SSSR count). The maximum Gasteiger partial charge on any atom is 0.328 e. The SMILES string of the molecule is COC(=O)[C@H](Cc1cccc(C)c1)NC(=O)CCC(=O)N[C@H](C)c1ccccc1. The number of esters is 1. The van der Waals surface area contributed by atoms with Gasteiger partial charge in [-0.15, -0.1) is 0 Å². The minimum absolute atomic E-state index is 0.00530. The number of carbonyl (C=O) groups is 3. The summed E-state index contributed by atoms with van der Waals surface area (Å²) in [6.07, 6.45) is 0.368. The van der Waals surface area contributed by atoms with Crippen molar-refractivity contribution in [2.75, 3.05) is 7.11 Å². The van der Waals surface area contributed by atoms with Crippen LogP contribution in [-0.4, -0.2) is 30.9 Å². The van der Waals surface area contributed by atoms with Gasteiger partial charge in [-0.1, -0.05) is 60.2 Å². The average molecular weight is 396 g/mol. The molecule has 2 aromatic rings. The van der Waals surface area contributed by atoms with Crippen LogP contribution in [0.15, 0.2) is 54.6 Å². The topological polar surface area (TPSA) is 84.5 Å². The lowest BCUT2D eigenvalue weighted by Gasteiger charge is -2.17. The van der Waals surface area contributed by atoms with E-state index in [1.165, 1.54) is 7.11 Å². The second kappa shape index (κ2) is 11.0. The van der Waals surface area contributed by atoms with E-state index >= 15 is 0 Å². The number of carbonyl (C=O) groups excluding carboxylic acids is 3. The van der Waals surface area contributed by atoms with Crippen molar-refractivity contribution in [2.45, 2.75) is 45.2 Å². The molecule has 0 saturated carbocycles. The number of amides is 2. The normalized spacial score (nSPS) is 12.5. The van der Waals surface area contributed by atoms with E-state index in [0.29, 0.717) is 6.42 Å². The van der Waals surface area contributed by atoms with Gasteiger partial charge in [0.15, 0.2) is 0 Å². The lowest BCUT2D eigenvalue weighted by molar-refractivity contribution is -0.145. The number of nitrogens with one attached hydrogen (secondary N) is 2. The molecule has 6 nitrogen and oxygen atoms in total. The fourth-order valence-corrected chi connectivity index (χ4v) is 3.04. The first-order valence-electron chi connectivity index (χ1n) is 9.66. The summed E-state index contributed by atoms with van der Waals surface area (Å²) in [4.78, 5) is 36.5. The van der Waals surface area contributed by atoms with Gasteiger partial charge in [-0.2, -0.15) is 0 Å². The summed E-state index contributed by atoms with van der Waals surface area (Å²) < 4.78 is 4.81. The molecule has 29 heavy (non-hydrogen) atoms. The Balaban J connectivity index is 1.86. The van der Waals surface area contributed by atoms with E-state index in [-0.39, 0.29) is 30.7 Å². The molecule has 0 unspecified atom stereocenters. The highest BCUT2D eigenvalue weighted by molar-refractivity contribution is 5.87. The van der Waals surface area contributed by atoms with Crippen LogP contribution < -0.4 is 10.6 Å². The fourth-order valence-electron chi connectivity index (χ4n) is 3.04. The Bertz CT molecular complexity index is 836. The molecule has 2 N–H and O–H groups in total. The van der Waals surface area contributed by atoms with Crippen LogP contribution in [0.3, 0.4) is 0 Å². The van der Waals surface area contributed by atoms with Crippen molar-refractivity contribution in [1.29, 1.82) is 0 Å². The smallest absolute Gasteiger partial charge is 0.328 e. The zero-order valence-corrected chi connectivity index (χ0v) is 17.1. The molecule has 0 aliphatic heterocycles. The monoisotopic (exact) mass is 396 g/mol. The van der Waals surface area contributed by atoms with E-state index in [1.54, 1.807) is 0 Å². The Morgan fingerprint density at radius 2 is 1.59 bits per heavy atom. The molecule has 2 aromatic carbocycles. The fraction of sp³-hybridized carbons (Fsp3) is 0.348. The van der Waals surface area contributed by atoms with Crippen LogP contribution in [0.5, 0.6) is 0 Å². The zero-order valence-electron chi connectivity index (χ0n) is 17.1. The second-order valence-corrected chi connectivity index (χ2v) is 7.04. The minimum Gasteiger partial charge on any atom is -0.467 e. The first-order chi connectivity index (χ1) is 13.9. The van der Waals surface area contributed by atoms with Gasteiger partial charge in [-0.25, -0.2) is 4.79 Å². The minimum atomic E-state index is -0.791. The largest absolute Gasteiger partial charge is 0.467 e. The Kier molecular flexibility index (Phi) is 8.40. The third-order valence-electron chi connectivity index (χ3n) is 4.60. The van der Waals surface area contributed by atoms with Crippen LogP contribution in [0.4, 0.5) is 0 Å². The molecule has 0 aliphatic carbocycles. The van der Waals surface area contributed by atoms with Crippen LogP contribution in [-0.2, 0) is 25.5 Å². The summed E-state index contributed by atoms with van der Waals surface area (Å²) in [5, 5.41) is 5.56. The standard InChI is InChI=1S/C23H28N2O4/c1-16-8-7-9-18(14-16)15-20(23(28)29-3)25-22(27)13-12-21(26)24-17(2)19-10-5-4-6-11-19/h4-11,14,17,20H,12-13,15H2,1-3H3,(H,24,26)(H,25,27)/t17-,20+/m1/s1. The van der Waals surface area contributed by atoms with Crippen LogP contribution in [0.25, 0.3) is 0 Å². The summed E-state index contributed by atoms with van der Waals surface area (Å²) in [6.45, 7) is 3.85. The lowest BCUT2D eigenvalue weighted by Crippen LogP contribution is -2.43. The highest BCUT2D eigenvalue weighted by Gasteiger charge is 2.22. The first kappa shape index (κ1) is 22.1. The van der Waals surface area contributed by atoms with Gasteiger partial charge < -0.3 is 15.4 Å². The summed E-state index contributed by atoms with van der Waals surface area (Å²) in [7, 11) is 1.29. The first-order valence-corrected chi connectivity index (χ1v) is 9.66. The Morgan fingerprint density at radius 1 is 0.931 bits per heavy atom. The maximum absolute atomic E-state index is 12.3. The maximum atomic E-state index is 12.3. The molecule has 154 valence electrons. The van der Waals surface area contributed by atoms with Gasteiger partial charge in [0.25, 0.3) is 0 Å². The van der Waals surface area contributed by atoms with Crippen molar-refractivity contribution < 1.29 is 19.1 Å². The van der Waals surface area contributed by atoms with Crippen molar-refractivity contribution in [3.63, 3.8) is 0 Å². The number of hydrogen-bond acceptors (Lipinski definition) is 4. The number of ether oxygens (including phenoxy) is 1. The van der Waals surface area contributed by atoms with Gasteiger partial charge in [-0.3, -0.25) is 9.59 Å². The van der Waals surface area contributed by atoms with Gasteiger partial charge >= 0.3 is 5.97 Å². The quantitative estimate of drug-likeness (QED) is 0.639. The van der Waals surface area contributed by atoms with Crippen molar-refractivity contribution in [3.05, 3.63) is 71.3 Å². The van der Waals surface area contributed by atoms with E-state index in [1.807, 2.05) is 68.4 Å². The highest BCUT2D eigenvalue weighted by atomic mass is 16.5. The molecule has 0 aromatic heterocycles. The van der Waals surface area contributed by atoms with Crippen molar-refractivity contribution >= 4 is 17.8 Å².